The lowest BCUT2D eigenvalue weighted by Gasteiger charge is -2.22. The van der Waals surface area contributed by atoms with Crippen molar-refractivity contribution in [1.29, 1.82) is 0 Å². The van der Waals surface area contributed by atoms with E-state index in [2.05, 4.69) is 0 Å². The third-order valence-electron chi connectivity index (χ3n) is 4.72. The molecule has 3 rings (SSSR count). The maximum atomic E-state index is 11.7. The molecule has 1 aromatic rings. The van der Waals surface area contributed by atoms with Crippen LogP contribution in [0.4, 0.5) is 0 Å². The van der Waals surface area contributed by atoms with E-state index in [1.54, 1.807) is 0 Å². The second-order valence-electron chi connectivity index (χ2n) is 6.61. The minimum atomic E-state index is -1.33. The molecule has 2 atom stereocenters. The van der Waals surface area contributed by atoms with Crippen molar-refractivity contribution in [2.75, 3.05) is 33.0 Å². The monoisotopic (exact) mass is 369 g/mol. The first-order chi connectivity index (χ1) is 12.4. The number of rotatable bonds is 9. The number of fused-ring (bicyclic) bond motifs is 5. The van der Waals surface area contributed by atoms with Crippen LogP contribution in [0.15, 0.2) is 12.2 Å². The minimum absolute atomic E-state index is 0.0313. The summed E-state index contributed by atoms with van der Waals surface area (Å²) in [5, 5.41) is 38.8. The molecule has 0 aromatic carbocycles. The van der Waals surface area contributed by atoms with Gasteiger partial charge in [-0.1, -0.05) is 12.2 Å². The molecular formula is C17H23NO8. The van der Waals surface area contributed by atoms with E-state index in [-0.39, 0.29) is 50.3 Å². The van der Waals surface area contributed by atoms with E-state index in [4.69, 9.17) is 24.4 Å². The van der Waals surface area contributed by atoms with Gasteiger partial charge in [0.2, 0.25) is 11.8 Å². The molecule has 3 heterocycles. The van der Waals surface area contributed by atoms with Crippen LogP contribution in [0.2, 0.25) is 0 Å². The molecule has 0 fully saturated rings. The third kappa shape index (κ3) is 3.07. The SMILES string of the molecule is CC(CO)(CO)C(=O)OCCOCCn1c(O)c2c(c1O)C1C=CC2O1. The lowest BCUT2D eigenvalue weighted by Crippen LogP contribution is -2.37. The number of hydrogen-bond donors (Lipinski definition) is 4. The van der Waals surface area contributed by atoms with E-state index in [0.29, 0.717) is 11.1 Å². The predicted molar refractivity (Wildman–Crippen MR) is 87.5 cm³/mol. The Morgan fingerprint density at radius 3 is 2.23 bits per heavy atom. The van der Waals surface area contributed by atoms with Gasteiger partial charge in [0.25, 0.3) is 0 Å². The van der Waals surface area contributed by atoms with Gasteiger partial charge in [-0.15, -0.1) is 0 Å². The van der Waals surface area contributed by atoms with Gasteiger partial charge in [0.05, 0.1) is 44.1 Å². The highest BCUT2D eigenvalue weighted by Crippen LogP contribution is 2.54. The largest absolute Gasteiger partial charge is 0.494 e. The van der Waals surface area contributed by atoms with Crippen molar-refractivity contribution < 1.29 is 39.4 Å². The van der Waals surface area contributed by atoms with Gasteiger partial charge >= 0.3 is 5.97 Å². The van der Waals surface area contributed by atoms with Gasteiger partial charge in [-0.3, -0.25) is 9.36 Å². The summed E-state index contributed by atoms with van der Waals surface area (Å²) in [6.45, 7) is 0.865. The Balaban J connectivity index is 1.44. The molecule has 4 N–H and O–H groups in total. The number of esters is 1. The van der Waals surface area contributed by atoms with Crippen molar-refractivity contribution in [3.8, 4) is 11.8 Å². The zero-order valence-corrected chi connectivity index (χ0v) is 14.4. The predicted octanol–water partition coefficient (Wildman–Crippen LogP) is 0.132. The molecule has 2 unspecified atom stereocenters. The Bertz CT molecular complexity index is 671. The summed E-state index contributed by atoms with van der Waals surface area (Å²) in [6, 6.07) is 0. The van der Waals surface area contributed by atoms with Crippen LogP contribution in [0.5, 0.6) is 11.8 Å². The summed E-state index contributed by atoms with van der Waals surface area (Å²) >= 11 is 0. The van der Waals surface area contributed by atoms with Crippen molar-refractivity contribution in [3.05, 3.63) is 23.3 Å². The van der Waals surface area contributed by atoms with Crippen LogP contribution in [0.3, 0.4) is 0 Å². The van der Waals surface area contributed by atoms with E-state index in [1.807, 2.05) is 12.2 Å². The topological polar surface area (TPSA) is 131 Å². The summed E-state index contributed by atoms with van der Waals surface area (Å²) in [6.07, 6.45) is 3.03. The van der Waals surface area contributed by atoms with Crippen molar-refractivity contribution in [2.24, 2.45) is 5.41 Å². The van der Waals surface area contributed by atoms with Gasteiger partial charge in [-0.2, -0.15) is 0 Å². The normalized spacial score (nSPS) is 20.6. The van der Waals surface area contributed by atoms with Crippen LogP contribution >= 0.6 is 0 Å². The standard InChI is InChI=1S/C17H23NO8/c1-17(8-19,9-20)16(23)25-7-6-24-5-4-18-14(21)12-10-2-3-11(26-10)13(12)15(18)22/h2-3,10-11,19-22H,4-9H2,1H3. The molecule has 0 amide bonds. The molecule has 2 aliphatic rings. The number of carbonyl (C=O) groups excluding carboxylic acids is 1. The smallest absolute Gasteiger partial charge is 0.316 e. The summed E-state index contributed by atoms with van der Waals surface area (Å²) in [4.78, 5) is 11.7. The summed E-state index contributed by atoms with van der Waals surface area (Å²) in [7, 11) is 0. The Morgan fingerprint density at radius 2 is 1.69 bits per heavy atom. The van der Waals surface area contributed by atoms with E-state index in [9.17, 15) is 15.0 Å². The van der Waals surface area contributed by atoms with Crippen LogP contribution < -0.4 is 0 Å². The van der Waals surface area contributed by atoms with Gasteiger partial charge in [0.1, 0.15) is 24.2 Å². The fourth-order valence-corrected chi connectivity index (χ4v) is 2.99. The quantitative estimate of drug-likeness (QED) is 0.275. The minimum Gasteiger partial charge on any atom is -0.494 e. The maximum Gasteiger partial charge on any atom is 0.316 e. The van der Waals surface area contributed by atoms with E-state index < -0.39 is 24.6 Å². The molecule has 0 radical (unpaired) electrons. The summed E-state index contributed by atoms with van der Waals surface area (Å²) in [5.41, 5.74) is -0.147. The highest BCUT2D eigenvalue weighted by atomic mass is 16.6. The number of ether oxygens (including phenoxy) is 3. The number of hydrogen-bond acceptors (Lipinski definition) is 8. The second-order valence-corrected chi connectivity index (χ2v) is 6.61. The zero-order valence-electron chi connectivity index (χ0n) is 14.4. The molecule has 0 saturated carbocycles. The average molecular weight is 369 g/mol. The van der Waals surface area contributed by atoms with Crippen LogP contribution in [-0.4, -0.2) is 64.0 Å². The summed E-state index contributed by atoms with van der Waals surface area (Å²) in [5.74, 6) is -0.775. The molecular weight excluding hydrogens is 346 g/mol. The Labute approximate surface area is 150 Å². The first kappa shape index (κ1) is 18.7. The van der Waals surface area contributed by atoms with E-state index >= 15 is 0 Å². The molecule has 1 aromatic heterocycles. The highest BCUT2D eigenvalue weighted by Gasteiger charge is 2.42. The molecule has 26 heavy (non-hydrogen) atoms. The van der Waals surface area contributed by atoms with Crippen molar-refractivity contribution >= 4 is 5.97 Å². The van der Waals surface area contributed by atoms with Crippen LogP contribution in [-0.2, 0) is 25.5 Å². The van der Waals surface area contributed by atoms with Gasteiger partial charge in [0, 0.05) is 0 Å². The van der Waals surface area contributed by atoms with Crippen molar-refractivity contribution in [3.63, 3.8) is 0 Å². The van der Waals surface area contributed by atoms with E-state index in [1.165, 1.54) is 11.5 Å². The number of aliphatic hydroxyl groups is 2. The number of carbonyl (C=O) groups is 1. The van der Waals surface area contributed by atoms with Gasteiger partial charge in [-0.25, -0.2) is 0 Å². The van der Waals surface area contributed by atoms with E-state index in [0.717, 1.165) is 0 Å². The third-order valence-corrected chi connectivity index (χ3v) is 4.72. The lowest BCUT2D eigenvalue weighted by molar-refractivity contribution is -0.161. The molecule has 0 saturated heterocycles. The molecule has 144 valence electrons. The first-order valence-electron chi connectivity index (χ1n) is 8.37. The highest BCUT2D eigenvalue weighted by molar-refractivity contribution is 5.76. The molecule has 2 aliphatic heterocycles. The number of nitrogens with zero attached hydrogens (tertiary/aromatic N) is 1. The molecule has 0 aliphatic carbocycles. The van der Waals surface area contributed by atoms with Crippen LogP contribution in [0.1, 0.15) is 30.3 Å². The van der Waals surface area contributed by atoms with Crippen molar-refractivity contribution in [1.82, 2.24) is 4.57 Å². The van der Waals surface area contributed by atoms with Gasteiger partial charge in [0.15, 0.2) is 0 Å². The zero-order chi connectivity index (χ0) is 18.9. The van der Waals surface area contributed by atoms with Gasteiger partial charge in [-0.05, 0) is 6.92 Å². The summed E-state index contributed by atoms with van der Waals surface area (Å²) < 4.78 is 17.2. The number of aromatic hydroxyl groups is 2. The lowest BCUT2D eigenvalue weighted by atomic mass is 9.93. The molecule has 0 spiro atoms. The maximum absolute atomic E-state index is 11.7. The molecule has 9 nitrogen and oxygen atoms in total. The van der Waals surface area contributed by atoms with Crippen LogP contribution in [0.25, 0.3) is 0 Å². The fourth-order valence-electron chi connectivity index (χ4n) is 2.99. The Morgan fingerprint density at radius 1 is 1.12 bits per heavy atom. The molecule has 9 heteroatoms. The van der Waals surface area contributed by atoms with Crippen LogP contribution in [0, 0.1) is 5.41 Å². The Kier molecular flexibility index (Phi) is 5.24. The fraction of sp³-hybridized carbons (Fsp3) is 0.588. The Hall–Kier alpha value is -2.07. The van der Waals surface area contributed by atoms with Gasteiger partial charge < -0.3 is 34.6 Å². The average Bonchev–Trinajstić information content (AvgIpc) is 3.32. The first-order valence-corrected chi connectivity index (χ1v) is 8.37. The second kappa shape index (κ2) is 7.28. The molecule has 2 bridgehead atoms. The number of aromatic nitrogens is 1. The number of aliphatic hydroxyl groups excluding tert-OH is 2. The van der Waals surface area contributed by atoms with Crippen molar-refractivity contribution in [2.45, 2.75) is 25.7 Å².